The monoisotopic (exact) mass is 236 g/mol. The molecular weight excluding hydrogens is 220 g/mol. The average Bonchev–Trinajstić information content (AvgIpc) is 2.71. The molecule has 1 aliphatic rings. The van der Waals surface area contributed by atoms with Crippen molar-refractivity contribution in [3.05, 3.63) is 23.3 Å². The maximum Gasteiger partial charge on any atom is 0.309 e. The Morgan fingerprint density at radius 3 is 2.88 bits per heavy atom. The Hall–Kier alpha value is -1.71. The fourth-order valence-electron chi connectivity index (χ4n) is 2.29. The molecule has 1 atom stereocenters. The maximum atomic E-state index is 11.7. The Kier molecular flexibility index (Phi) is 3.22. The molecule has 0 spiro atoms. The zero-order chi connectivity index (χ0) is 12.4. The fraction of sp³-hybridized carbons (Fsp3) is 0.462. The van der Waals surface area contributed by atoms with Gasteiger partial charge < -0.3 is 14.6 Å². The molecule has 4 heteroatoms. The van der Waals surface area contributed by atoms with Crippen molar-refractivity contribution in [2.45, 2.75) is 19.8 Å². The third kappa shape index (κ3) is 2.20. The number of fused-ring (bicyclic) bond motifs is 1. The van der Waals surface area contributed by atoms with E-state index >= 15 is 0 Å². The van der Waals surface area contributed by atoms with Gasteiger partial charge in [0.15, 0.2) is 0 Å². The van der Waals surface area contributed by atoms with E-state index in [-0.39, 0.29) is 17.6 Å². The minimum atomic E-state index is -0.176. The molecule has 0 amide bonds. The van der Waals surface area contributed by atoms with Gasteiger partial charge in [-0.3, -0.25) is 4.79 Å². The number of aromatic hydroxyl groups is 1. The van der Waals surface area contributed by atoms with Crippen LogP contribution in [0.2, 0.25) is 0 Å². The van der Waals surface area contributed by atoms with Gasteiger partial charge in [-0.05, 0) is 37.0 Å². The van der Waals surface area contributed by atoms with E-state index in [1.807, 2.05) is 0 Å². The zero-order valence-corrected chi connectivity index (χ0v) is 10.0. The van der Waals surface area contributed by atoms with Crippen LogP contribution in [-0.4, -0.2) is 24.8 Å². The molecule has 0 saturated carbocycles. The molecule has 1 unspecified atom stereocenters. The van der Waals surface area contributed by atoms with Crippen molar-refractivity contribution in [2.75, 3.05) is 13.7 Å². The number of hydrogen-bond donors (Lipinski definition) is 1. The summed E-state index contributed by atoms with van der Waals surface area (Å²) in [4.78, 5) is 11.7. The van der Waals surface area contributed by atoms with Crippen molar-refractivity contribution >= 4 is 5.97 Å². The van der Waals surface area contributed by atoms with Crippen molar-refractivity contribution in [3.63, 3.8) is 0 Å². The van der Waals surface area contributed by atoms with Gasteiger partial charge in [-0.25, -0.2) is 0 Å². The summed E-state index contributed by atoms with van der Waals surface area (Å²) in [5.74, 6) is 0.489. The minimum absolute atomic E-state index is 0.152. The molecule has 0 heterocycles. The number of carbonyl (C=O) groups is 1. The topological polar surface area (TPSA) is 55.8 Å². The molecule has 17 heavy (non-hydrogen) atoms. The molecule has 1 aliphatic carbocycles. The van der Waals surface area contributed by atoms with Crippen LogP contribution in [-0.2, 0) is 22.4 Å². The summed E-state index contributed by atoms with van der Waals surface area (Å²) < 4.78 is 10.2. The number of esters is 1. The average molecular weight is 236 g/mol. The van der Waals surface area contributed by atoms with Crippen LogP contribution in [0.5, 0.6) is 11.5 Å². The molecule has 0 bridgehead atoms. The van der Waals surface area contributed by atoms with E-state index in [0.717, 1.165) is 11.1 Å². The van der Waals surface area contributed by atoms with Gasteiger partial charge in [0.05, 0.1) is 19.6 Å². The third-order valence-corrected chi connectivity index (χ3v) is 3.04. The van der Waals surface area contributed by atoms with Gasteiger partial charge in [-0.1, -0.05) is 0 Å². The van der Waals surface area contributed by atoms with Gasteiger partial charge in [0, 0.05) is 6.07 Å². The molecule has 0 saturated heterocycles. The molecule has 1 aromatic rings. The summed E-state index contributed by atoms with van der Waals surface area (Å²) in [7, 11) is 1.56. The van der Waals surface area contributed by atoms with Gasteiger partial charge in [0.25, 0.3) is 0 Å². The quantitative estimate of drug-likeness (QED) is 0.811. The third-order valence-electron chi connectivity index (χ3n) is 3.04. The molecule has 92 valence electrons. The number of ether oxygens (including phenoxy) is 2. The molecule has 1 N–H and O–H groups in total. The Bertz CT molecular complexity index is 439. The lowest BCUT2D eigenvalue weighted by atomic mass is 10.1. The van der Waals surface area contributed by atoms with Crippen LogP contribution >= 0.6 is 0 Å². The largest absolute Gasteiger partial charge is 0.508 e. The first-order valence-corrected chi connectivity index (χ1v) is 5.71. The lowest BCUT2D eigenvalue weighted by molar-refractivity contribution is -0.147. The normalized spacial score (nSPS) is 17.6. The number of rotatable bonds is 3. The van der Waals surface area contributed by atoms with Crippen molar-refractivity contribution in [2.24, 2.45) is 5.92 Å². The van der Waals surface area contributed by atoms with Crippen LogP contribution in [0.4, 0.5) is 0 Å². The minimum Gasteiger partial charge on any atom is -0.508 e. The highest BCUT2D eigenvalue weighted by atomic mass is 16.5. The molecule has 0 fully saturated rings. The predicted molar refractivity (Wildman–Crippen MR) is 62.2 cm³/mol. The first-order chi connectivity index (χ1) is 8.15. The fourth-order valence-corrected chi connectivity index (χ4v) is 2.29. The molecule has 0 aromatic heterocycles. The van der Waals surface area contributed by atoms with Crippen LogP contribution in [0.25, 0.3) is 0 Å². The van der Waals surface area contributed by atoms with Crippen molar-refractivity contribution in [3.8, 4) is 11.5 Å². The Labute approximate surface area is 100 Å². The lowest BCUT2D eigenvalue weighted by Crippen LogP contribution is -2.17. The first kappa shape index (κ1) is 11.8. The smallest absolute Gasteiger partial charge is 0.309 e. The molecule has 2 rings (SSSR count). The van der Waals surface area contributed by atoms with Crippen LogP contribution in [0.1, 0.15) is 18.1 Å². The maximum absolute atomic E-state index is 11.7. The summed E-state index contributed by atoms with van der Waals surface area (Å²) in [5.41, 5.74) is 1.98. The van der Waals surface area contributed by atoms with Crippen molar-refractivity contribution in [1.29, 1.82) is 0 Å². The highest BCUT2D eigenvalue weighted by Crippen LogP contribution is 2.37. The Morgan fingerprint density at radius 1 is 1.47 bits per heavy atom. The zero-order valence-electron chi connectivity index (χ0n) is 10.0. The van der Waals surface area contributed by atoms with E-state index in [1.54, 1.807) is 26.2 Å². The second-order valence-electron chi connectivity index (χ2n) is 4.14. The van der Waals surface area contributed by atoms with Gasteiger partial charge in [0.1, 0.15) is 11.5 Å². The summed E-state index contributed by atoms with van der Waals surface area (Å²) in [5, 5.41) is 9.54. The van der Waals surface area contributed by atoms with E-state index in [1.165, 1.54) is 0 Å². The van der Waals surface area contributed by atoms with E-state index in [0.29, 0.717) is 25.2 Å². The Balaban J connectivity index is 2.24. The molecule has 4 nitrogen and oxygen atoms in total. The number of benzene rings is 1. The van der Waals surface area contributed by atoms with Gasteiger partial charge in [-0.15, -0.1) is 0 Å². The SMILES string of the molecule is CCOC(=O)C1Cc2cc(O)cc(OC)c2C1. The predicted octanol–water partition coefficient (Wildman–Crippen LogP) is 1.68. The molecule has 0 aliphatic heterocycles. The van der Waals surface area contributed by atoms with E-state index in [4.69, 9.17) is 9.47 Å². The summed E-state index contributed by atoms with van der Waals surface area (Å²) in [6.45, 7) is 2.19. The van der Waals surface area contributed by atoms with Gasteiger partial charge in [-0.2, -0.15) is 0 Å². The molecule has 1 aromatic carbocycles. The van der Waals surface area contributed by atoms with Crippen LogP contribution in [0.15, 0.2) is 12.1 Å². The van der Waals surface area contributed by atoms with Gasteiger partial charge >= 0.3 is 5.97 Å². The number of phenolic OH excluding ortho intramolecular Hbond substituents is 1. The van der Waals surface area contributed by atoms with E-state index in [2.05, 4.69) is 0 Å². The second kappa shape index (κ2) is 4.65. The first-order valence-electron chi connectivity index (χ1n) is 5.71. The van der Waals surface area contributed by atoms with Crippen LogP contribution < -0.4 is 4.74 Å². The highest BCUT2D eigenvalue weighted by Gasteiger charge is 2.31. The van der Waals surface area contributed by atoms with Gasteiger partial charge in [0.2, 0.25) is 0 Å². The second-order valence-corrected chi connectivity index (χ2v) is 4.14. The summed E-state index contributed by atoms with van der Waals surface area (Å²) in [6.07, 6.45) is 1.23. The molecule has 0 radical (unpaired) electrons. The van der Waals surface area contributed by atoms with Crippen molar-refractivity contribution < 1.29 is 19.4 Å². The number of phenols is 1. The van der Waals surface area contributed by atoms with E-state index < -0.39 is 0 Å². The lowest BCUT2D eigenvalue weighted by Gasteiger charge is -2.08. The summed E-state index contributed by atoms with van der Waals surface area (Å²) >= 11 is 0. The Morgan fingerprint density at radius 2 is 2.24 bits per heavy atom. The number of methoxy groups -OCH3 is 1. The highest BCUT2D eigenvalue weighted by molar-refractivity contribution is 5.75. The van der Waals surface area contributed by atoms with E-state index in [9.17, 15) is 9.90 Å². The molecular formula is C13H16O4. The summed E-state index contributed by atoms with van der Waals surface area (Å²) in [6, 6.07) is 3.27. The number of carbonyl (C=O) groups excluding carboxylic acids is 1. The van der Waals surface area contributed by atoms with Crippen LogP contribution in [0, 0.1) is 5.92 Å². The number of hydrogen-bond acceptors (Lipinski definition) is 4. The van der Waals surface area contributed by atoms with Crippen LogP contribution in [0.3, 0.4) is 0 Å². The van der Waals surface area contributed by atoms with Crippen molar-refractivity contribution in [1.82, 2.24) is 0 Å². The standard InChI is InChI=1S/C13H16O4/c1-3-17-13(15)9-4-8-5-10(14)7-12(16-2)11(8)6-9/h5,7,9,14H,3-4,6H2,1-2H3.